The Hall–Kier alpha value is -3.33. The second-order valence-electron chi connectivity index (χ2n) is 9.80. The van der Waals surface area contributed by atoms with Gasteiger partial charge >= 0.3 is 17.8 Å². The summed E-state index contributed by atoms with van der Waals surface area (Å²) < 4.78 is 18.9. The minimum absolute atomic E-state index is 0.0862. The van der Waals surface area contributed by atoms with E-state index in [1.807, 2.05) is 36.2 Å². The molecule has 9 heteroatoms. The average molecular weight is 496 g/mol. The average Bonchev–Trinajstić information content (AvgIpc) is 3.17. The minimum Gasteiger partial charge on any atom is -0.497 e. The predicted molar refractivity (Wildman–Crippen MR) is 132 cm³/mol. The highest BCUT2D eigenvalue weighted by Crippen LogP contribution is 2.34. The molecule has 9 nitrogen and oxygen atoms in total. The molecule has 192 valence electrons. The van der Waals surface area contributed by atoms with Crippen LogP contribution in [0.5, 0.6) is 5.75 Å². The molecular formula is C27H33N3O6. The van der Waals surface area contributed by atoms with Crippen molar-refractivity contribution in [2.75, 3.05) is 33.3 Å². The first-order valence-electron chi connectivity index (χ1n) is 12.8. The summed E-state index contributed by atoms with van der Waals surface area (Å²) in [7, 11) is 1.63. The number of aromatic nitrogens is 1. The first-order chi connectivity index (χ1) is 17.4. The monoisotopic (exact) mass is 495 g/mol. The van der Waals surface area contributed by atoms with E-state index in [1.54, 1.807) is 7.11 Å². The number of methoxy groups -OCH3 is 1. The Kier molecular flexibility index (Phi) is 6.75. The Morgan fingerprint density at radius 1 is 1.08 bits per heavy atom. The lowest BCUT2D eigenvalue weighted by atomic mass is 9.89. The van der Waals surface area contributed by atoms with Crippen molar-refractivity contribution in [3.8, 4) is 5.75 Å². The molecule has 1 saturated heterocycles. The van der Waals surface area contributed by atoms with Crippen LogP contribution in [0.15, 0.2) is 36.5 Å². The molecule has 1 spiro atoms. The van der Waals surface area contributed by atoms with Crippen LogP contribution in [0.25, 0.3) is 10.9 Å². The van der Waals surface area contributed by atoms with Crippen molar-refractivity contribution < 1.29 is 28.6 Å². The van der Waals surface area contributed by atoms with Crippen molar-refractivity contribution >= 4 is 28.7 Å². The molecule has 3 aliphatic rings. The van der Waals surface area contributed by atoms with Crippen molar-refractivity contribution in [2.24, 2.45) is 5.92 Å². The molecule has 2 fully saturated rings. The molecule has 1 aromatic heterocycles. The summed E-state index contributed by atoms with van der Waals surface area (Å²) in [4.78, 5) is 42.3. The number of hydrogen-bond donors (Lipinski definition) is 0. The molecule has 2 aromatic rings. The highest BCUT2D eigenvalue weighted by molar-refractivity contribution is 6.07. The molecule has 0 radical (unpaired) electrons. The van der Waals surface area contributed by atoms with E-state index in [1.165, 1.54) is 37.0 Å². The van der Waals surface area contributed by atoms with Crippen LogP contribution >= 0.6 is 0 Å². The van der Waals surface area contributed by atoms with Crippen molar-refractivity contribution in [3.63, 3.8) is 0 Å². The van der Waals surface area contributed by atoms with Crippen LogP contribution in [-0.4, -0.2) is 71.4 Å². The van der Waals surface area contributed by atoms with Gasteiger partial charge in [0, 0.05) is 49.4 Å². The summed E-state index contributed by atoms with van der Waals surface area (Å²) >= 11 is 0. The van der Waals surface area contributed by atoms with E-state index in [9.17, 15) is 14.4 Å². The molecule has 1 aliphatic carbocycles. The summed E-state index contributed by atoms with van der Waals surface area (Å²) in [6.45, 7) is 4.35. The van der Waals surface area contributed by atoms with Gasteiger partial charge in [0.05, 0.1) is 24.7 Å². The maximum absolute atomic E-state index is 14.1. The van der Waals surface area contributed by atoms with Crippen molar-refractivity contribution in [1.29, 1.82) is 0 Å². The zero-order valence-corrected chi connectivity index (χ0v) is 20.9. The Morgan fingerprint density at radius 2 is 1.81 bits per heavy atom. The SMILES string of the molecule is CCN1CCN(C(=O)c2cn(CC3CCCCC3)c3cc(OC)ccc23)C2(C1)OC(=O)C=CC(=O)O2. The largest absolute Gasteiger partial charge is 0.497 e. The van der Waals surface area contributed by atoms with Crippen LogP contribution in [0.2, 0.25) is 0 Å². The van der Waals surface area contributed by atoms with Crippen LogP contribution < -0.4 is 4.74 Å². The van der Waals surface area contributed by atoms with Gasteiger partial charge in [0.25, 0.3) is 5.91 Å². The van der Waals surface area contributed by atoms with Crippen LogP contribution in [-0.2, 0) is 25.6 Å². The van der Waals surface area contributed by atoms with E-state index < -0.39 is 17.8 Å². The van der Waals surface area contributed by atoms with Crippen molar-refractivity contribution in [1.82, 2.24) is 14.4 Å². The second kappa shape index (κ2) is 9.97. The normalized spacial score (nSPS) is 20.9. The lowest BCUT2D eigenvalue weighted by molar-refractivity contribution is -0.285. The fourth-order valence-corrected chi connectivity index (χ4v) is 5.61. The number of esters is 2. The van der Waals surface area contributed by atoms with Gasteiger partial charge in [0.2, 0.25) is 0 Å². The fourth-order valence-electron chi connectivity index (χ4n) is 5.61. The molecule has 0 atom stereocenters. The molecule has 1 amide bonds. The summed E-state index contributed by atoms with van der Waals surface area (Å²) in [6, 6.07) is 5.68. The number of fused-ring (bicyclic) bond motifs is 1. The number of benzene rings is 1. The van der Waals surface area contributed by atoms with Crippen LogP contribution in [0.1, 0.15) is 49.4 Å². The van der Waals surface area contributed by atoms with Crippen molar-refractivity contribution in [2.45, 2.75) is 51.5 Å². The lowest BCUT2D eigenvalue weighted by Crippen LogP contribution is -2.67. The Bertz CT molecular complexity index is 1180. The standard InChI is InChI=1S/C27H33N3O6/c1-3-28-13-14-30(27(18-28)35-24(31)11-12-25(32)36-27)26(33)22-17-29(16-19-7-5-4-6-8-19)23-15-20(34-2)9-10-21(22)23/h9-12,15,17,19H,3-8,13-14,16,18H2,1-2H3. The van der Waals surface area contributed by atoms with Crippen LogP contribution in [0, 0.1) is 5.92 Å². The maximum Gasteiger partial charge on any atom is 0.358 e. The Labute approximate surface area is 210 Å². The highest BCUT2D eigenvalue weighted by atomic mass is 16.8. The number of carbonyl (C=O) groups is 3. The summed E-state index contributed by atoms with van der Waals surface area (Å²) in [6.07, 6.45) is 10.0. The maximum atomic E-state index is 14.1. The zero-order chi connectivity index (χ0) is 25.3. The van der Waals surface area contributed by atoms with Gasteiger partial charge in [0.1, 0.15) is 5.75 Å². The van der Waals surface area contributed by atoms with E-state index >= 15 is 0 Å². The smallest absolute Gasteiger partial charge is 0.358 e. The van der Waals surface area contributed by atoms with Gasteiger partial charge in [0.15, 0.2) is 0 Å². The summed E-state index contributed by atoms with van der Waals surface area (Å²) in [5.74, 6) is -2.34. The van der Waals surface area contributed by atoms with Gasteiger partial charge in [-0.15, -0.1) is 0 Å². The molecule has 3 heterocycles. The number of rotatable bonds is 5. The van der Waals surface area contributed by atoms with Gasteiger partial charge in [-0.25, -0.2) is 9.59 Å². The van der Waals surface area contributed by atoms with Crippen LogP contribution in [0.3, 0.4) is 0 Å². The van der Waals surface area contributed by atoms with Gasteiger partial charge in [-0.05, 0) is 37.4 Å². The Balaban J connectivity index is 1.55. The van der Waals surface area contributed by atoms with Gasteiger partial charge in [-0.2, -0.15) is 0 Å². The van der Waals surface area contributed by atoms with Gasteiger partial charge in [-0.3, -0.25) is 14.6 Å². The molecule has 0 N–H and O–H groups in total. The molecular weight excluding hydrogens is 462 g/mol. The predicted octanol–water partition coefficient (Wildman–Crippen LogP) is 3.32. The van der Waals surface area contributed by atoms with Crippen molar-refractivity contribution in [3.05, 3.63) is 42.1 Å². The number of carbonyl (C=O) groups excluding carboxylic acids is 3. The molecule has 36 heavy (non-hydrogen) atoms. The molecule has 1 saturated carbocycles. The summed E-state index contributed by atoms with van der Waals surface area (Å²) in [5, 5.41) is 0.786. The first-order valence-corrected chi connectivity index (χ1v) is 12.8. The topological polar surface area (TPSA) is 90.3 Å². The van der Waals surface area contributed by atoms with E-state index in [2.05, 4.69) is 4.57 Å². The Morgan fingerprint density at radius 3 is 2.47 bits per heavy atom. The third kappa shape index (κ3) is 4.59. The molecule has 5 rings (SSSR count). The third-order valence-corrected chi connectivity index (χ3v) is 7.54. The quantitative estimate of drug-likeness (QED) is 0.588. The van der Waals surface area contributed by atoms with E-state index in [-0.39, 0.29) is 19.0 Å². The molecule has 2 aliphatic heterocycles. The molecule has 0 unspecified atom stereocenters. The van der Waals surface area contributed by atoms with Gasteiger partial charge < -0.3 is 18.8 Å². The lowest BCUT2D eigenvalue weighted by Gasteiger charge is -2.46. The van der Waals surface area contributed by atoms with E-state index in [4.69, 9.17) is 14.2 Å². The fraction of sp³-hybridized carbons (Fsp3) is 0.519. The van der Waals surface area contributed by atoms with E-state index in [0.29, 0.717) is 24.6 Å². The third-order valence-electron chi connectivity index (χ3n) is 7.54. The minimum atomic E-state index is -1.83. The number of likely N-dealkylation sites (N-methyl/N-ethyl adjacent to an activating group) is 1. The van der Waals surface area contributed by atoms with Crippen LogP contribution in [0.4, 0.5) is 0 Å². The highest BCUT2D eigenvalue weighted by Gasteiger charge is 2.52. The number of hydrogen-bond acceptors (Lipinski definition) is 7. The zero-order valence-electron chi connectivity index (χ0n) is 20.9. The number of amides is 1. The number of ether oxygens (including phenoxy) is 3. The first kappa shape index (κ1) is 24.4. The second-order valence-corrected chi connectivity index (χ2v) is 9.80. The summed E-state index contributed by atoms with van der Waals surface area (Å²) in [5.41, 5.74) is 1.40. The number of nitrogens with zero attached hydrogens (tertiary/aromatic N) is 3. The molecule has 1 aromatic carbocycles. The number of piperazine rings is 1. The van der Waals surface area contributed by atoms with Gasteiger partial charge in [-0.1, -0.05) is 26.2 Å². The molecule has 0 bridgehead atoms. The van der Waals surface area contributed by atoms with E-state index in [0.717, 1.165) is 35.3 Å².